The SMILES string of the molecule is CCCCCN(CCC(=O)O)c1ccccc1OC. The molecule has 0 aliphatic heterocycles. The van der Waals surface area contributed by atoms with Gasteiger partial charge in [-0.05, 0) is 18.6 Å². The Morgan fingerprint density at radius 1 is 1.26 bits per heavy atom. The molecule has 1 aromatic carbocycles. The zero-order valence-electron chi connectivity index (χ0n) is 11.8. The number of carboxylic acid groups (broad SMARTS) is 1. The molecule has 0 atom stereocenters. The Bertz CT molecular complexity index is 393. The molecule has 0 fully saturated rings. The van der Waals surface area contributed by atoms with E-state index in [4.69, 9.17) is 9.84 Å². The van der Waals surface area contributed by atoms with Crippen molar-refractivity contribution in [2.24, 2.45) is 0 Å². The summed E-state index contributed by atoms with van der Waals surface area (Å²) in [5.74, 6) is 0.0276. The maximum atomic E-state index is 10.8. The van der Waals surface area contributed by atoms with Crippen LogP contribution in [0.3, 0.4) is 0 Å². The smallest absolute Gasteiger partial charge is 0.305 e. The van der Waals surface area contributed by atoms with Crippen molar-refractivity contribution in [1.82, 2.24) is 0 Å². The number of aliphatic carboxylic acids is 1. The molecular formula is C15H23NO3. The number of nitrogens with zero attached hydrogens (tertiary/aromatic N) is 1. The monoisotopic (exact) mass is 265 g/mol. The summed E-state index contributed by atoms with van der Waals surface area (Å²) in [6.07, 6.45) is 3.51. The summed E-state index contributed by atoms with van der Waals surface area (Å²) in [6.45, 7) is 3.53. The zero-order chi connectivity index (χ0) is 14.1. The molecule has 0 heterocycles. The first-order chi connectivity index (χ1) is 9.19. The summed E-state index contributed by atoms with van der Waals surface area (Å²) in [6, 6.07) is 7.75. The minimum absolute atomic E-state index is 0.143. The van der Waals surface area contributed by atoms with E-state index in [9.17, 15) is 4.79 Å². The molecule has 106 valence electrons. The van der Waals surface area contributed by atoms with Crippen LogP contribution >= 0.6 is 0 Å². The molecule has 4 heteroatoms. The molecule has 19 heavy (non-hydrogen) atoms. The van der Waals surface area contributed by atoms with Crippen LogP contribution in [0.1, 0.15) is 32.6 Å². The molecule has 0 aliphatic carbocycles. The molecule has 0 aromatic heterocycles. The highest BCUT2D eigenvalue weighted by Gasteiger charge is 2.12. The second kappa shape index (κ2) is 8.40. The largest absolute Gasteiger partial charge is 0.495 e. The number of carboxylic acids is 1. The molecule has 0 unspecified atom stereocenters. The molecular weight excluding hydrogens is 242 g/mol. The Morgan fingerprint density at radius 2 is 2.00 bits per heavy atom. The van der Waals surface area contributed by atoms with Gasteiger partial charge in [0.05, 0.1) is 19.2 Å². The van der Waals surface area contributed by atoms with Gasteiger partial charge in [-0.25, -0.2) is 0 Å². The second-order valence-electron chi connectivity index (χ2n) is 4.51. The van der Waals surface area contributed by atoms with Crippen LogP contribution in [0.25, 0.3) is 0 Å². The van der Waals surface area contributed by atoms with E-state index in [0.29, 0.717) is 6.54 Å². The van der Waals surface area contributed by atoms with Gasteiger partial charge in [-0.15, -0.1) is 0 Å². The Labute approximate surface area is 115 Å². The highest BCUT2D eigenvalue weighted by atomic mass is 16.5. The molecule has 0 aliphatic rings. The number of methoxy groups -OCH3 is 1. The van der Waals surface area contributed by atoms with Gasteiger partial charge >= 0.3 is 5.97 Å². The van der Waals surface area contributed by atoms with Crippen molar-refractivity contribution in [1.29, 1.82) is 0 Å². The summed E-state index contributed by atoms with van der Waals surface area (Å²) in [5.41, 5.74) is 0.974. The summed E-state index contributed by atoms with van der Waals surface area (Å²) >= 11 is 0. The molecule has 0 saturated heterocycles. The molecule has 4 nitrogen and oxygen atoms in total. The lowest BCUT2D eigenvalue weighted by Crippen LogP contribution is -2.27. The number of hydrogen-bond donors (Lipinski definition) is 1. The van der Waals surface area contributed by atoms with Crippen LogP contribution in [0, 0.1) is 0 Å². The summed E-state index contributed by atoms with van der Waals surface area (Å²) in [4.78, 5) is 12.9. The van der Waals surface area contributed by atoms with Gasteiger partial charge in [-0.2, -0.15) is 0 Å². The Hall–Kier alpha value is -1.71. The summed E-state index contributed by atoms with van der Waals surface area (Å²) < 4.78 is 5.35. The number of para-hydroxylation sites is 2. The van der Waals surface area contributed by atoms with E-state index in [1.54, 1.807) is 7.11 Å². The van der Waals surface area contributed by atoms with Crippen LogP contribution in [0.5, 0.6) is 5.75 Å². The average molecular weight is 265 g/mol. The molecule has 0 radical (unpaired) electrons. The predicted molar refractivity (Wildman–Crippen MR) is 77.0 cm³/mol. The van der Waals surface area contributed by atoms with E-state index in [-0.39, 0.29) is 6.42 Å². The quantitative estimate of drug-likeness (QED) is 0.697. The third-order valence-corrected chi connectivity index (χ3v) is 3.05. The highest BCUT2D eigenvalue weighted by Crippen LogP contribution is 2.28. The number of carbonyl (C=O) groups is 1. The highest BCUT2D eigenvalue weighted by molar-refractivity contribution is 5.68. The van der Waals surface area contributed by atoms with Crippen molar-refractivity contribution in [2.75, 3.05) is 25.1 Å². The van der Waals surface area contributed by atoms with Crippen molar-refractivity contribution in [3.63, 3.8) is 0 Å². The first-order valence-corrected chi connectivity index (χ1v) is 6.78. The zero-order valence-corrected chi connectivity index (χ0v) is 11.8. The normalized spacial score (nSPS) is 10.2. The van der Waals surface area contributed by atoms with Crippen LogP contribution in [-0.4, -0.2) is 31.3 Å². The maximum Gasteiger partial charge on any atom is 0.305 e. The number of anilines is 1. The third kappa shape index (κ3) is 5.20. The third-order valence-electron chi connectivity index (χ3n) is 3.05. The Kier molecular flexibility index (Phi) is 6.79. The number of unbranched alkanes of at least 4 members (excludes halogenated alkanes) is 2. The number of rotatable bonds is 9. The van der Waals surface area contributed by atoms with Gasteiger partial charge in [-0.1, -0.05) is 31.9 Å². The molecule has 0 spiro atoms. The van der Waals surface area contributed by atoms with Gasteiger partial charge in [0.25, 0.3) is 0 Å². The Morgan fingerprint density at radius 3 is 2.63 bits per heavy atom. The lowest BCUT2D eigenvalue weighted by atomic mass is 10.2. The fraction of sp³-hybridized carbons (Fsp3) is 0.533. The summed E-state index contributed by atoms with van der Waals surface area (Å²) in [7, 11) is 1.64. The minimum atomic E-state index is -0.768. The lowest BCUT2D eigenvalue weighted by Gasteiger charge is -2.26. The van der Waals surface area contributed by atoms with E-state index >= 15 is 0 Å². The second-order valence-corrected chi connectivity index (χ2v) is 4.51. The molecule has 1 rings (SSSR count). The molecule has 0 amide bonds. The number of benzene rings is 1. The molecule has 0 saturated carbocycles. The van der Waals surface area contributed by atoms with Gasteiger partial charge in [-0.3, -0.25) is 4.79 Å². The van der Waals surface area contributed by atoms with Gasteiger partial charge in [0.1, 0.15) is 5.75 Å². The van der Waals surface area contributed by atoms with Gasteiger partial charge < -0.3 is 14.7 Å². The van der Waals surface area contributed by atoms with Crippen LogP contribution in [0.2, 0.25) is 0 Å². The van der Waals surface area contributed by atoms with Crippen LogP contribution in [0.15, 0.2) is 24.3 Å². The van der Waals surface area contributed by atoms with Gasteiger partial charge in [0.15, 0.2) is 0 Å². The van der Waals surface area contributed by atoms with Crippen molar-refractivity contribution >= 4 is 11.7 Å². The lowest BCUT2D eigenvalue weighted by molar-refractivity contribution is -0.136. The van der Waals surface area contributed by atoms with Gasteiger partial charge in [0, 0.05) is 13.1 Å². The van der Waals surface area contributed by atoms with Crippen LogP contribution in [0.4, 0.5) is 5.69 Å². The predicted octanol–water partition coefficient (Wildman–Crippen LogP) is 3.17. The van der Waals surface area contributed by atoms with Crippen molar-refractivity contribution in [3.8, 4) is 5.75 Å². The maximum absolute atomic E-state index is 10.8. The van der Waals surface area contributed by atoms with Crippen molar-refractivity contribution in [3.05, 3.63) is 24.3 Å². The number of ether oxygens (including phenoxy) is 1. The molecule has 1 N–H and O–H groups in total. The van der Waals surface area contributed by atoms with E-state index < -0.39 is 5.97 Å². The Balaban J connectivity index is 2.77. The average Bonchev–Trinajstić information content (AvgIpc) is 2.42. The molecule has 1 aromatic rings. The van der Waals surface area contributed by atoms with Gasteiger partial charge in [0.2, 0.25) is 0 Å². The number of hydrogen-bond acceptors (Lipinski definition) is 3. The molecule has 0 bridgehead atoms. The van der Waals surface area contributed by atoms with E-state index in [0.717, 1.165) is 37.2 Å². The van der Waals surface area contributed by atoms with Crippen LogP contribution < -0.4 is 9.64 Å². The topological polar surface area (TPSA) is 49.8 Å². The first-order valence-electron chi connectivity index (χ1n) is 6.78. The van der Waals surface area contributed by atoms with E-state index in [1.165, 1.54) is 0 Å². The van der Waals surface area contributed by atoms with Crippen LogP contribution in [-0.2, 0) is 4.79 Å². The van der Waals surface area contributed by atoms with Crippen molar-refractivity contribution in [2.45, 2.75) is 32.6 Å². The standard InChI is InChI=1S/C15H23NO3/c1-3-4-7-11-16(12-10-15(17)18)13-8-5-6-9-14(13)19-2/h5-6,8-9H,3-4,7,10-12H2,1-2H3,(H,17,18). The van der Waals surface area contributed by atoms with E-state index in [2.05, 4.69) is 11.8 Å². The van der Waals surface area contributed by atoms with E-state index in [1.807, 2.05) is 24.3 Å². The fourth-order valence-corrected chi connectivity index (χ4v) is 2.03. The fourth-order valence-electron chi connectivity index (χ4n) is 2.03. The summed E-state index contributed by atoms with van der Waals surface area (Å²) in [5, 5.41) is 8.85. The first kappa shape index (κ1) is 15.3. The minimum Gasteiger partial charge on any atom is -0.495 e. The van der Waals surface area contributed by atoms with Crippen molar-refractivity contribution < 1.29 is 14.6 Å².